The number of rotatable bonds is 11. The number of quaternary nitrogens is 1. The van der Waals surface area contributed by atoms with Crippen molar-refractivity contribution in [2.24, 2.45) is 4.99 Å². The molecule has 8 rings (SSSR count). The monoisotopic (exact) mass is 735 g/mol. The number of hydrogen-bond donors (Lipinski definition) is 5. The first kappa shape index (κ1) is 35.5. The van der Waals surface area contributed by atoms with Gasteiger partial charge in [0, 0.05) is 42.5 Å². The van der Waals surface area contributed by atoms with E-state index in [1.54, 1.807) is 39.0 Å². The fraction of sp³-hybridized carbons (Fsp3) is 0.375. The summed E-state index contributed by atoms with van der Waals surface area (Å²) in [5.74, 6) is 0.659. The number of nitrogens with one attached hydrogen (secondary N) is 1. The van der Waals surface area contributed by atoms with Crippen molar-refractivity contribution < 1.29 is 38.5 Å². The number of epoxide rings is 1. The van der Waals surface area contributed by atoms with Crippen molar-refractivity contribution in [3.63, 3.8) is 0 Å². The van der Waals surface area contributed by atoms with Gasteiger partial charge in [-0.1, -0.05) is 0 Å². The number of hydrogen-bond acceptors (Lipinski definition) is 13. The highest BCUT2D eigenvalue weighted by molar-refractivity contribution is 6.06. The average Bonchev–Trinajstić information content (AvgIpc) is 3.42. The zero-order valence-electron chi connectivity index (χ0n) is 30.3. The molecule has 4 aromatic rings. The molecule has 0 spiro atoms. The predicted octanol–water partition coefficient (Wildman–Crippen LogP) is 2.85. The summed E-state index contributed by atoms with van der Waals surface area (Å²) < 4.78 is 24.2. The molecule has 7 N–H and O–H groups in total. The number of phenols is 1. The number of allylic oxidation sites excluding steroid dienone is 1. The van der Waals surface area contributed by atoms with E-state index in [0.29, 0.717) is 60.2 Å². The van der Waals surface area contributed by atoms with Gasteiger partial charge in [-0.25, -0.2) is 14.8 Å². The number of pyridine rings is 2. The van der Waals surface area contributed by atoms with Crippen molar-refractivity contribution in [3.8, 4) is 22.8 Å². The molecule has 1 fully saturated rings. The van der Waals surface area contributed by atoms with Gasteiger partial charge < -0.3 is 40.3 Å². The van der Waals surface area contributed by atoms with Crippen LogP contribution in [-0.2, 0) is 33.7 Å². The number of fused-ring (bicyclic) bond motifs is 3. The van der Waals surface area contributed by atoms with E-state index in [0.717, 1.165) is 34.7 Å². The molecule has 3 aromatic heterocycles. The maximum atomic E-state index is 14.0. The van der Waals surface area contributed by atoms with E-state index in [1.807, 2.05) is 24.4 Å². The zero-order valence-corrected chi connectivity index (χ0v) is 30.3. The smallest absolute Gasteiger partial charge is 0.341 e. The number of aliphatic imine (C=N–C) groups is 1. The lowest BCUT2D eigenvalue weighted by Crippen LogP contribution is -3.05. The van der Waals surface area contributed by atoms with Crippen LogP contribution in [0.25, 0.3) is 22.2 Å². The summed E-state index contributed by atoms with van der Waals surface area (Å²) in [5, 5.41) is 20.9. The van der Waals surface area contributed by atoms with Gasteiger partial charge in [-0.2, -0.15) is 0 Å². The zero-order chi connectivity index (χ0) is 37.9. The molecule has 1 saturated heterocycles. The number of anilines is 2. The predicted molar refractivity (Wildman–Crippen MR) is 200 cm³/mol. The first-order valence-corrected chi connectivity index (χ1v) is 18.1. The lowest BCUT2D eigenvalue weighted by molar-refractivity contribution is -0.848. The second kappa shape index (κ2) is 13.4. The van der Waals surface area contributed by atoms with E-state index >= 15 is 0 Å². The number of carbonyl (C=O) groups is 1. The van der Waals surface area contributed by atoms with Crippen LogP contribution < -0.4 is 26.5 Å². The van der Waals surface area contributed by atoms with Gasteiger partial charge in [0.15, 0.2) is 11.0 Å². The molecule has 7 heterocycles. The maximum absolute atomic E-state index is 14.0. The molecule has 0 radical (unpaired) electrons. The number of carbonyl (C=O) groups excluding carboxylic acids is 1. The molecule has 14 heteroatoms. The van der Waals surface area contributed by atoms with Crippen LogP contribution in [0.4, 0.5) is 11.6 Å². The van der Waals surface area contributed by atoms with Crippen molar-refractivity contribution in [3.05, 3.63) is 93.3 Å². The Morgan fingerprint density at radius 3 is 2.72 bits per heavy atom. The molecule has 1 aromatic carbocycles. The number of aliphatic hydroxyl groups is 1. The second-order valence-corrected chi connectivity index (χ2v) is 15.0. The molecule has 0 saturated carbocycles. The molecule has 1 unspecified atom stereocenters. The van der Waals surface area contributed by atoms with Crippen LogP contribution >= 0.6 is 0 Å². The summed E-state index contributed by atoms with van der Waals surface area (Å²) in [6.45, 7) is 6.54. The van der Waals surface area contributed by atoms with Gasteiger partial charge in [0.05, 0.1) is 23.1 Å². The fourth-order valence-corrected chi connectivity index (χ4v) is 7.82. The summed E-state index contributed by atoms with van der Waals surface area (Å²) in [6, 6.07) is 10.4. The van der Waals surface area contributed by atoms with Gasteiger partial charge in [-0.3, -0.25) is 14.7 Å². The number of aliphatic hydroxyl groups excluding tert-OH is 1. The lowest BCUT2D eigenvalue weighted by Gasteiger charge is -2.39. The number of phenolic OH excluding ortho intramolecular Hbond substituents is 1. The minimum absolute atomic E-state index is 0.0435. The highest BCUT2D eigenvalue weighted by Gasteiger charge is 2.63. The first-order valence-electron chi connectivity index (χ1n) is 18.1. The van der Waals surface area contributed by atoms with Gasteiger partial charge in [0.25, 0.3) is 0 Å². The molecular weight excluding hydrogens is 692 g/mol. The Morgan fingerprint density at radius 1 is 1.11 bits per heavy atom. The van der Waals surface area contributed by atoms with E-state index in [4.69, 9.17) is 30.1 Å². The van der Waals surface area contributed by atoms with Gasteiger partial charge in [-0.15, -0.1) is 0 Å². The molecule has 0 bridgehead atoms. The average molecular weight is 736 g/mol. The van der Waals surface area contributed by atoms with Crippen molar-refractivity contribution >= 4 is 34.3 Å². The third-order valence-electron chi connectivity index (χ3n) is 10.6. The number of benzene rings is 1. The summed E-state index contributed by atoms with van der Waals surface area (Å²) >= 11 is 0. The molecule has 14 nitrogen and oxygen atoms in total. The number of nitrogens with two attached hydrogens (primary N) is 2. The Morgan fingerprint density at radius 2 is 1.93 bits per heavy atom. The molecule has 4 aliphatic heterocycles. The lowest BCUT2D eigenvalue weighted by atomic mass is 9.89. The van der Waals surface area contributed by atoms with Gasteiger partial charge in [-0.05, 0) is 82.4 Å². The number of nitrogen functional groups attached to an aromatic ring is 2. The fourth-order valence-electron chi connectivity index (χ4n) is 7.82. The Kier molecular flexibility index (Phi) is 8.78. The van der Waals surface area contributed by atoms with Crippen LogP contribution in [0.2, 0.25) is 0 Å². The first-order chi connectivity index (χ1) is 25.8. The van der Waals surface area contributed by atoms with Crippen molar-refractivity contribution in [2.45, 2.75) is 82.8 Å². The third kappa shape index (κ3) is 6.61. The van der Waals surface area contributed by atoms with E-state index < -0.39 is 29.4 Å². The number of nitrogens with zero attached hydrogens (tertiary/aromatic N) is 3. The quantitative estimate of drug-likeness (QED) is 0.111. The number of ether oxygens (including phenoxy) is 3. The summed E-state index contributed by atoms with van der Waals surface area (Å²) in [6.07, 6.45) is 6.40. The van der Waals surface area contributed by atoms with E-state index in [2.05, 4.69) is 21.2 Å². The Balaban J connectivity index is 0.970. The number of esters is 1. The minimum atomic E-state index is -1.26. The number of aromatic nitrogens is 2. The Bertz CT molecular complexity index is 2350. The van der Waals surface area contributed by atoms with E-state index in [9.17, 15) is 19.8 Å². The molecule has 4 atom stereocenters. The molecule has 280 valence electrons. The second-order valence-electron chi connectivity index (χ2n) is 15.0. The van der Waals surface area contributed by atoms with Gasteiger partial charge in [0.2, 0.25) is 0 Å². The van der Waals surface area contributed by atoms with Crippen LogP contribution in [0.1, 0.15) is 55.7 Å². The van der Waals surface area contributed by atoms with Crippen molar-refractivity contribution in [2.75, 3.05) is 24.6 Å². The highest BCUT2D eigenvalue weighted by Crippen LogP contribution is 2.47. The molecule has 0 amide bonds. The van der Waals surface area contributed by atoms with Crippen LogP contribution in [0.5, 0.6) is 11.5 Å². The number of aromatic hydroxyl groups is 1. The summed E-state index contributed by atoms with van der Waals surface area (Å²) in [4.78, 5) is 41.5. The van der Waals surface area contributed by atoms with Gasteiger partial charge >= 0.3 is 5.97 Å². The highest BCUT2D eigenvalue weighted by atomic mass is 16.7. The van der Waals surface area contributed by atoms with Crippen molar-refractivity contribution in [1.29, 1.82) is 0 Å². The Hall–Kier alpha value is -5.57. The van der Waals surface area contributed by atoms with E-state index in [1.165, 1.54) is 11.0 Å². The minimum Gasteiger partial charge on any atom is -0.507 e. The van der Waals surface area contributed by atoms with Crippen LogP contribution in [0.15, 0.2) is 74.7 Å². The van der Waals surface area contributed by atoms with Gasteiger partial charge in [0.1, 0.15) is 76.6 Å². The number of aryl methyl sites for hydroxylation is 2. The summed E-state index contributed by atoms with van der Waals surface area (Å²) in [5.41, 5.74) is 15.9. The molecule has 0 aliphatic carbocycles. The topological polar surface area (TPSA) is 213 Å². The Labute approximate surface area is 310 Å². The largest absolute Gasteiger partial charge is 0.507 e. The van der Waals surface area contributed by atoms with E-state index in [-0.39, 0.29) is 41.6 Å². The van der Waals surface area contributed by atoms with Crippen LogP contribution in [0.3, 0.4) is 0 Å². The van der Waals surface area contributed by atoms with Crippen LogP contribution in [-0.4, -0.2) is 68.4 Å². The third-order valence-corrected chi connectivity index (χ3v) is 10.6. The van der Waals surface area contributed by atoms with Crippen LogP contribution in [0, 0.1) is 6.92 Å². The molecular formula is C40H43N6O8+. The normalized spacial score (nSPS) is 23.4. The standard InChI is InChI=1S/C40H42N6O8/c1-21-11-29(48)36-31(51-21)17-30-26(37(36)49)16-33(39(2,3)53-30)52-38(50)40(8-4-10-47)32(54-40)6-5-22-12-27(45-34(41)13-22)24-14-25(44-35(42)15-24)19-46-18-23-7-9-43-28(23)20-46/h7,9,11-15,17-18,32-33,47,49H,4-6,8,10,16,19-20H2,1-3H3,(H2,41,45)(H2,42,44)/p+1/t32-,33-,40+/m1/s1. The maximum Gasteiger partial charge on any atom is 0.341 e. The summed E-state index contributed by atoms with van der Waals surface area (Å²) in [7, 11) is 0. The molecule has 54 heavy (non-hydrogen) atoms. The SMILES string of the molecule is Cc1cc(=O)c2c(O)c3c(cc2o1)OC(C)(C)[C@H](OC(=O)[C@@]1(CCCO)O[C@@H]1CCc1cc(N)nc(-c2cc(N)nc(C[NH+]4C=C5C=CN=C5C4)c2)c1)C3. The molecule has 4 aliphatic rings. The van der Waals surface area contributed by atoms with Crippen molar-refractivity contribution in [1.82, 2.24) is 9.97 Å².